The highest BCUT2D eigenvalue weighted by molar-refractivity contribution is 4.88. The first-order chi connectivity index (χ1) is 5.26. The largest absolute Gasteiger partial charge is 0.375 e. The van der Waals surface area contributed by atoms with Crippen molar-refractivity contribution >= 4 is 0 Å². The summed E-state index contributed by atoms with van der Waals surface area (Å²) in [6, 6.07) is 1.72. The van der Waals surface area contributed by atoms with Gasteiger partial charge >= 0.3 is 0 Å². The first-order valence-electron chi connectivity index (χ1n) is 3.56. The molecule has 11 heavy (non-hydrogen) atoms. The Morgan fingerprint density at radius 2 is 2.45 bits per heavy atom. The van der Waals surface area contributed by atoms with Crippen molar-refractivity contribution in [1.29, 1.82) is 5.26 Å². The van der Waals surface area contributed by atoms with Crippen LogP contribution in [0.25, 0.3) is 0 Å². The van der Waals surface area contributed by atoms with Crippen LogP contribution in [0.1, 0.15) is 13.3 Å². The lowest BCUT2D eigenvalue weighted by Gasteiger charge is -2.15. The highest BCUT2D eigenvalue weighted by Crippen LogP contribution is 2.03. The number of hydrogen-bond donors (Lipinski definition) is 1. The highest BCUT2D eigenvalue weighted by Gasteiger charge is 2.15. The van der Waals surface area contributed by atoms with Gasteiger partial charge in [-0.15, -0.1) is 6.58 Å². The molecule has 0 saturated heterocycles. The first-order valence-corrected chi connectivity index (χ1v) is 3.56. The van der Waals surface area contributed by atoms with Crippen LogP contribution in [-0.4, -0.2) is 23.9 Å². The fraction of sp³-hybridized carbons (Fsp3) is 0.625. The van der Waals surface area contributed by atoms with E-state index >= 15 is 0 Å². The zero-order valence-corrected chi connectivity index (χ0v) is 6.66. The van der Waals surface area contributed by atoms with Gasteiger partial charge in [-0.25, -0.2) is 0 Å². The Balaban J connectivity index is 3.76. The maximum absolute atomic E-state index is 9.02. The van der Waals surface area contributed by atoms with Gasteiger partial charge in [0.2, 0.25) is 0 Å². The van der Waals surface area contributed by atoms with Crippen molar-refractivity contribution in [3.05, 3.63) is 12.7 Å². The van der Waals surface area contributed by atoms with E-state index < -0.39 is 12.2 Å². The van der Waals surface area contributed by atoms with Crippen LogP contribution < -0.4 is 0 Å². The molecule has 0 rings (SSSR count). The molecule has 0 aliphatic carbocycles. The predicted octanol–water partition coefficient (Wildman–Crippen LogP) is 0.852. The van der Waals surface area contributed by atoms with E-state index in [0.29, 0.717) is 13.0 Å². The van der Waals surface area contributed by atoms with Crippen LogP contribution in [0.2, 0.25) is 0 Å². The average molecular weight is 155 g/mol. The maximum atomic E-state index is 9.02. The average Bonchev–Trinajstić information content (AvgIpc) is 2.05. The Kier molecular flexibility index (Phi) is 5.44. The molecule has 0 spiro atoms. The third-order valence-corrected chi connectivity index (χ3v) is 1.31. The van der Waals surface area contributed by atoms with Crippen LogP contribution in [0.15, 0.2) is 12.7 Å². The second kappa shape index (κ2) is 5.90. The molecule has 0 amide bonds. The normalized spacial score (nSPS) is 15.0. The molecule has 0 aromatic heterocycles. The number of ether oxygens (including phenoxy) is 1. The molecule has 3 heteroatoms. The van der Waals surface area contributed by atoms with Gasteiger partial charge in [0, 0.05) is 0 Å². The van der Waals surface area contributed by atoms with Crippen molar-refractivity contribution in [2.75, 3.05) is 6.61 Å². The Hall–Kier alpha value is -0.850. The minimum Gasteiger partial charge on any atom is -0.375 e. The van der Waals surface area contributed by atoms with Crippen LogP contribution in [0.4, 0.5) is 0 Å². The van der Waals surface area contributed by atoms with Crippen molar-refractivity contribution in [1.82, 2.24) is 0 Å². The summed E-state index contributed by atoms with van der Waals surface area (Å²) >= 11 is 0. The second-order valence-electron chi connectivity index (χ2n) is 2.14. The number of hydrogen-bond acceptors (Lipinski definition) is 3. The summed E-state index contributed by atoms with van der Waals surface area (Å²) in [6.45, 7) is 5.69. The molecule has 0 heterocycles. The van der Waals surface area contributed by atoms with E-state index in [1.807, 2.05) is 6.92 Å². The topological polar surface area (TPSA) is 53.2 Å². The van der Waals surface area contributed by atoms with Gasteiger partial charge in [-0.05, 0) is 6.42 Å². The Morgan fingerprint density at radius 1 is 1.82 bits per heavy atom. The number of rotatable bonds is 5. The minimum absolute atomic E-state index is 0.372. The highest BCUT2D eigenvalue weighted by atomic mass is 16.5. The quantitative estimate of drug-likeness (QED) is 0.473. The number of aliphatic hydroxyl groups is 1. The van der Waals surface area contributed by atoms with Crippen molar-refractivity contribution in [2.24, 2.45) is 0 Å². The van der Waals surface area contributed by atoms with Gasteiger partial charge in [0.25, 0.3) is 0 Å². The van der Waals surface area contributed by atoms with E-state index in [2.05, 4.69) is 6.58 Å². The first kappa shape index (κ1) is 10.2. The number of nitriles is 1. The van der Waals surface area contributed by atoms with E-state index in [4.69, 9.17) is 15.1 Å². The lowest BCUT2D eigenvalue weighted by atomic mass is 10.2. The predicted molar refractivity (Wildman–Crippen MR) is 41.8 cm³/mol. The van der Waals surface area contributed by atoms with Crippen LogP contribution >= 0.6 is 0 Å². The van der Waals surface area contributed by atoms with E-state index in [0.717, 1.165) is 0 Å². The Morgan fingerprint density at radius 3 is 2.82 bits per heavy atom. The molecule has 3 nitrogen and oxygen atoms in total. The van der Waals surface area contributed by atoms with Crippen molar-refractivity contribution in [2.45, 2.75) is 25.6 Å². The molecule has 0 aliphatic rings. The molecular weight excluding hydrogens is 142 g/mol. The van der Waals surface area contributed by atoms with Gasteiger partial charge in [0.05, 0.1) is 18.8 Å². The maximum Gasteiger partial charge on any atom is 0.166 e. The lowest BCUT2D eigenvalue weighted by Crippen LogP contribution is -2.26. The summed E-state index contributed by atoms with van der Waals surface area (Å²) in [6.07, 6.45) is 0.799. The molecule has 0 aromatic carbocycles. The molecule has 0 radical (unpaired) electrons. The third kappa shape index (κ3) is 3.76. The summed E-state index contributed by atoms with van der Waals surface area (Å²) in [5.74, 6) is 0. The van der Waals surface area contributed by atoms with Crippen LogP contribution in [0.5, 0.6) is 0 Å². The van der Waals surface area contributed by atoms with Gasteiger partial charge in [-0.2, -0.15) is 5.26 Å². The number of nitrogens with zero attached hydrogens (tertiary/aromatic N) is 1. The lowest BCUT2D eigenvalue weighted by molar-refractivity contribution is -0.00325. The standard InChI is InChI=1S/C8H13NO2/c1-3-5-11-8(4-2)7(10)6-9/h3,7-8,10H,1,4-5H2,2H3/t7-,8?/m0/s1. The van der Waals surface area contributed by atoms with E-state index in [9.17, 15) is 0 Å². The fourth-order valence-electron chi connectivity index (χ4n) is 0.707. The molecule has 1 unspecified atom stereocenters. The molecular formula is C8H13NO2. The summed E-state index contributed by atoms with van der Waals surface area (Å²) in [4.78, 5) is 0. The van der Waals surface area contributed by atoms with E-state index in [-0.39, 0.29) is 0 Å². The summed E-state index contributed by atoms with van der Waals surface area (Å²) < 4.78 is 5.10. The third-order valence-electron chi connectivity index (χ3n) is 1.31. The Bertz CT molecular complexity index is 151. The molecule has 0 fully saturated rings. The monoisotopic (exact) mass is 155 g/mol. The number of aliphatic hydroxyl groups excluding tert-OH is 1. The van der Waals surface area contributed by atoms with Crippen LogP contribution in [0, 0.1) is 11.3 Å². The summed E-state index contributed by atoms with van der Waals surface area (Å²) in [5.41, 5.74) is 0. The Labute approximate surface area is 66.9 Å². The fourth-order valence-corrected chi connectivity index (χ4v) is 0.707. The molecule has 2 atom stereocenters. The smallest absolute Gasteiger partial charge is 0.166 e. The van der Waals surface area contributed by atoms with Crippen LogP contribution in [-0.2, 0) is 4.74 Å². The summed E-state index contributed by atoms with van der Waals surface area (Å²) in [7, 11) is 0. The molecule has 0 saturated carbocycles. The molecule has 0 bridgehead atoms. The van der Waals surface area contributed by atoms with Gasteiger partial charge in [0.1, 0.15) is 0 Å². The van der Waals surface area contributed by atoms with Crippen molar-refractivity contribution < 1.29 is 9.84 Å². The van der Waals surface area contributed by atoms with Crippen molar-refractivity contribution in [3.63, 3.8) is 0 Å². The van der Waals surface area contributed by atoms with Crippen LogP contribution in [0.3, 0.4) is 0 Å². The molecule has 0 aliphatic heterocycles. The van der Waals surface area contributed by atoms with E-state index in [1.54, 1.807) is 12.1 Å². The minimum atomic E-state index is -1.03. The SMILES string of the molecule is C=CCOC(CC)[C@@H](O)C#N. The molecule has 1 N–H and O–H groups in total. The van der Waals surface area contributed by atoms with Crippen molar-refractivity contribution in [3.8, 4) is 6.07 Å². The van der Waals surface area contributed by atoms with Gasteiger partial charge in [-0.1, -0.05) is 13.0 Å². The molecule has 0 aromatic rings. The summed E-state index contributed by atoms with van der Waals surface area (Å²) in [5, 5.41) is 17.4. The zero-order chi connectivity index (χ0) is 8.69. The van der Waals surface area contributed by atoms with Gasteiger partial charge in [0.15, 0.2) is 6.10 Å². The molecule has 62 valence electrons. The second-order valence-corrected chi connectivity index (χ2v) is 2.14. The van der Waals surface area contributed by atoms with E-state index in [1.165, 1.54) is 0 Å². The zero-order valence-electron chi connectivity index (χ0n) is 6.66. The van der Waals surface area contributed by atoms with Gasteiger partial charge < -0.3 is 9.84 Å². The van der Waals surface area contributed by atoms with Gasteiger partial charge in [-0.3, -0.25) is 0 Å².